The molecule has 0 aliphatic heterocycles. The minimum atomic E-state index is -0.115. The van der Waals surface area contributed by atoms with Gasteiger partial charge in [-0.05, 0) is 12.8 Å². The van der Waals surface area contributed by atoms with Gasteiger partial charge in [-0.1, -0.05) is 26.7 Å². The molecular weight excluding hydrogens is 254 g/mol. The number of rotatable bonds is 5. The van der Waals surface area contributed by atoms with Crippen LogP contribution >= 0.6 is 0 Å². The van der Waals surface area contributed by atoms with Crippen molar-refractivity contribution >= 4 is 16.9 Å². The number of hydrogen-bond donors (Lipinski definition) is 1. The Morgan fingerprint density at radius 3 is 3.00 bits per heavy atom. The maximum atomic E-state index is 12.3. The van der Waals surface area contributed by atoms with Crippen molar-refractivity contribution in [2.45, 2.75) is 45.6 Å². The van der Waals surface area contributed by atoms with Gasteiger partial charge in [-0.15, -0.1) is 0 Å². The van der Waals surface area contributed by atoms with E-state index < -0.39 is 0 Å². The summed E-state index contributed by atoms with van der Waals surface area (Å²) in [5.74, 6) is 0.564. The second-order valence-corrected chi connectivity index (χ2v) is 5.10. The van der Waals surface area contributed by atoms with Gasteiger partial charge < -0.3 is 9.55 Å². The molecule has 3 rings (SSSR count). The fraction of sp³-hybridized carbons (Fsp3) is 0.500. The summed E-state index contributed by atoms with van der Waals surface area (Å²) in [5.41, 5.74) is 1.01. The molecule has 3 heterocycles. The number of unbranched alkanes of at least 4 members (excludes halogenated alkanes) is 1. The van der Waals surface area contributed by atoms with Crippen molar-refractivity contribution in [3.63, 3.8) is 0 Å². The number of H-pyrrole nitrogens is 1. The van der Waals surface area contributed by atoms with Crippen molar-refractivity contribution < 1.29 is 0 Å². The SMILES string of the molecule is CCCCC(CC)n1cnc2c(=O)n3cc[nH]c3nc21. The Hall–Kier alpha value is -2.11. The fourth-order valence-electron chi connectivity index (χ4n) is 2.65. The Balaban J connectivity index is 2.16. The highest BCUT2D eigenvalue weighted by molar-refractivity contribution is 5.71. The van der Waals surface area contributed by atoms with E-state index in [0.717, 1.165) is 12.8 Å². The third kappa shape index (κ3) is 1.92. The number of nitrogens with zero attached hydrogens (tertiary/aromatic N) is 4. The first kappa shape index (κ1) is 12.9. The average Bonchev–Trinajstić information content (AvgIpc) is 3.08. The van der Waals surface area contributed by atoms with Crippen molar-refractivity contribution in [2.24, 2.45) is 0 Å². The van der Waals surface area contributed by atoms with Gasteiger partial charge in [-0.2, -0.15) is 4.98 Å². The van der Waals surface area contributed by atoms with E-state index >= 15 is 0 Å². The van der Waals surface area contributed by atoms with Gasteiger partial charge in [-0.3, -0.25) is 9.20 Å². The van der Waals surface area contributed by atoms with Crippen LogP contribution in [0.1, 0.15) is 45.6 Å². The van der Waals surface area contributed by atoms with Crippen molar-refractivity contribution in [3.05, 3.63) is 29.1 Å². The lowest BCUT2D eigenvalue weighted by Gasteiger charge is -2.16. The van der Waals surface area contributed by atoms with Gasteiger partial charge in [0.2, 0.25) is 5.78 Å². The molecule has 0 fully saturated rings. The summed E-state index contributed by atoms with van der Waals surface area (Å²) in [4.78, 5) is 24.1. The number of hydrogen-bond acceptors (Lipinski definition) is 3. The summed E-state index contributed by atoms with van der Waals surface area (Å²) in [6.07, 6.45) is 9.57. The molecule has 1 N–H and O–H groups in total. The first-order valence-electron chi connectivity index (χ1n) is 7.18. The van der Waals surface area contributed by atoms with Gasteiger partial charge >= 0.3 is 0 Å². The van der Waals surface area contributed by atoms with Gasteiger partial charge in [0.15, 0.2) is 11.2 Å². The second kappa shape index (κ2) is 5.11. The van der Waals surface area contributed by atoms with E-state index in [-0.39, 0.29) is 5.56 Å². The fourth-order valence-corrected chi connectivity index (χ4v) is 2.65. The topological polar surface area (TPSA) is 68.0 Å². The molecule has 0 bridgehead atoms. The Kier molecular flexibility index (Phi) is 3.30. The molecule has 0 saturated carbocycles. The zero-order valence-electron chi connectivity index (χ0n) is 11.8. The quantitative estimate of drug-likeness (QED) is 0.776. The highest BCUT2D eigenvalue weighted by atomic mass is 16.1. The Bertz CT molecular complexity index is 782. The summed E-state index contributed by atoms with van der Waals surface area (Å²) < 4.78 is 3.54. The zero-order chi connectivity index (χ0) is 14.1. The minimum Gasteiger partial charge on any atom is -0.330 e. The van der Waals surface area contributed by atoms with Gasteiger partial charge in [0.25, 0.3) is 5.56 Å². The second-order valence-electron chi connectivity index (χ2n) is 5.10. The molecule has 0 aromatic carbocycles. The smallest absolute Gasteiger partial charge is 0.287 e. The van der Waals surface area contributed by atoms with Crippen LogP contribution in [0.2, 0.25) is 0 Å². The molecule has 6 heteroatoms. The van der Waals surface area contributed by atoms with Gasteiger partial charge in [0, 0.05) is 18.4 Å². The summed E-state index contributed by atoms with van der Waals surface area (Å²) in [6, 6.07) is 0.351. The van der Waals surface area contributed by atoms with E-state index in [0.29, 0.717) is 23.0 Å². The molecule has 20 heavy (non-hydrogen) atoms. The van der Waals surface area contributed by atoms with Crippen LogP contribution < -0.4 is 5.56 Å². The van der Waals surface area contributed by atoms with E-state index in [1.165, 1.54) is 17.2 Å². The molecule has 3 aromatic rings. The largest absolute Gasteiger partial charge is 0.330 e. The zero-order valence-corrected chi connectivity index (χ0v) is 11.8. The predicted octanol–water partition coefficient (Wildman–Crippen LogP) is 2.51. The normalized spacial score (nSPS) is 13.3. The van der Waals surface area contributed by atoms with Gasteiger partial charge in [0.1, 0.15) is 0 Å². The molecule has 6 nitrogen and oxygen atoms in total. The first-order chi connectivity index (χ1) is 9.76. The molecule has 0 saturated heterocycles. The Labute approximate surface area is 116 Å². The van der Waals surface area contributed by atoms with Crippen LogP contribution in [0.5, 0.6) is 0 Å². The van der Waals surface area contributed by atoms with E-state index in [2.05, 4.69) is 28.8 Å². The van der Waals surface area contributed by atoms with Gasteiger partial charge in [0.05, 0.1) is 6.33 Å². The number of nitrogens with one attached hydrogen (secondary N) is 1. The van der Waals surface area contributed by atoms with Crippen LogP contribution in [0.15, 0.2) is 23.5 Å². The van der Waals surface area contributed by atoms with Crippen LogP contribution in [0.3, 0.4) is 0 Å². The van der Waals surface area contributed by atoms with E-state index in [1.807, 2.05) is 4.57 Å². The Morgan fingerprint density at radius 2 is 2.25 bits per heavy atom. The molecule has 0 spiro atoms. The maximum Gasteiger partial charge on any atom is 0.287 e. The van der Waals surface area contributed by atoms with Crippen molar-refractivity contribution in [1.29, 1.82) is 0 Å². The summed E-state index contributed by atoms with van der Waals surface area (Å²) >= 11 is 0. The molecule has 0 amide bonds. The molecule has 0 aliphatic rings. The third-order valence-corrected chi connectivity index (χ3v) is 3.82. The number of fused-ring (bicyclic) bond motifs is 2. The molecule has 0 aliphatic carbocycles. The lowest BCUT2D eigenvalue weighted by atomic mass is 10.1. The standard InChI is InChI=1S/C14H19N5O/c1-3-5-6-10(4-2)19-9-16-11-12(19)17-14-15-7-8-18(14)13(11)20/h7-10H,3-6H2,1-2H3,(H,15,17). The monoisotopic (exact) mass is 273 g/mol. The Morgan fingerprint density at radius 1 is 1.40 bits per heavy atom. The van der Waals surface area contributed by atoms with E-state index in [1.54, 1.807) is 18.7 Å². The van der Waals surface area contributed by atoms with Crippen LogP contribution in [-0.2, 0) is 0 Å². The molecule has 0 radical (unpaired) electrons. The first-order valence-corrected chi connectivity index (χ1v) is 7.18. The van der Waals surface area contributed by atoms with Crippen LogP contribution in [-0.4, -0.2) is 23.9 Å². The van der Waals surface area contributed by atoms with Crippen molar-refractivity contribution in [2.75, 3.05) is 0 Å². The number of imidazole rings is 2. The van der Waals surface area contributed by atoms with Crippen molar-refractivity contribution in [3.8, 4) is 0 Å². The molecule has 3 aromatic heterocycles. The van der Waals surface area contributed by atoms with E-state index in [9.17, 15) is 4.79 Å². The lowest BCUT2D eigenvalue weighted by Crippen LogP contribution is -2.15. The highest BCUT2D eigenvalue weighted by Gasteiger charge is 2.16. The molecule has 1 unspecified atom stereocenters. The summed E-state index contributed by atoms with van der Waals surface area (Å²) in [5, 5.41) is 0. The molecule has 1 atom stereocenters. The average molecular weight is 273 g/mol. The van der Waals surface area contributed by atoms with E-state index in [4.69, 9.17) is 0 Å². The summed E-state index contributed by atoms with van der Waals surface area (Å²) in [6.45, 7) is 4.35. The van der Waals surface area contributed by atoms with Crippen molar-refractivity contribution in [1.82, 2.24) is 23.9 Å². The van der Waals surface area contributed by atoms with Crippen LogP contribution in [0, 0.1) is 0 Å². The van der Waals surface area contributed by atoms with Crippen LogP contribution in [0.25, 0.3) is 16.9 Å². The number of aromatic nitrogens is 5. The van der Waals surface area contributed by atoms with Gasteiger partial charge in [-0.25, -0.2) is 4.98 Å². The third-order valence-electron chi connectivity index (χ3n) is 3.82. The van der Waals surface area contributed by atoms with Crippen LogP contribution in [0.4, 0.5) is 0 Å². The molecular formula is C14H19N5O. The lowest BCUT2D eigenvalue weighted by molar-refractivity contribution is 0.444. The maximum absolute atomic E-state index is 12.3. The predicted molar refractivity (Wildman–Crippen MR) is 78.0 cm³/mol. The number of aromatic amines is 1. The molecule has 106 valence electrons. The minimum absolute atomic E-state index is 0.115. The summed E-state index contributed by atoms with van der Waals surface area (Å²) in [7, 11) is 0. The highest BCUT2D eigenvalue weighted by Crippen LogP contribution is 2.22.